The molecule has 7 heteroatoms. The minimum Gasteiger partial charge on any atom is -0.378 e. The lowest BCUT2D eigenvalue weighted by Crippen LogP contribution is -2.31. The fourth-order valence-corrected chi connectivity index (χ4v) is 3.00. The lowest BCUT2D eigenvalue weighted by molar-refractivity contribution is -0.122. The lowest BCUT2D eigenvalue weighted by atomic mass is 10.1. The van der Waals surface area contributed by atoms with E-state index in [2.05, 4.69) is 4.99 Å². The van der Waals surface area contributed by atoms with Crippen molar-refractivity contribution in [3.05, 3.63) is 34.7 Å². The molecule has 2 aliphatic heterocycles. The van der Waals surface area contributed by atoms with Crippen LogP contribution >= 0.6 is 11.8 Å². The molecule has 0 atom stereocenters. The number of thioether (sulfide) groups is 1. The minimum absolute atomic E-state index is 0.101. The van der Waals surface area contributed by atoms with Crippen LogP contribution in [0.25, 0.3) is 5.57 Å². The van der Waals surface area contributed by atoms with Gasteiger partial charge in [-0.05, 0) is 17.8 Å². The van der Waals surface area contributed by atoms with Crippen LogP contribution in [0.3, 0.4) is 0 Å². The Morgan fingerprint density at radius 1 is 1.30 bits per heavy atom. The van der Waals surface area contributed by atoms with Gasteiger partial charge in [-0.2, -0.15) is 4.99 Å². The van der Waals surface area contributed by atoms with Crippen LogP contribution in [-0.4, -0.2) is 22.9 Å². The number of hydrogen-bond donors (Lipinski definition) is 1. The number of anilines is 1. The van der Waals surface area contributed by atoms with Crippen LogP contribution in [0.4, 0.5) is 5.69 Å². The van der Waals surface area contributed by atoms with Crippen molar-refractivity contribution in [3.8, 4) is 0 Å². The molecule has 1 aromatic rings. The summed E-state index contributed by atoms with van der Waals surface area (Å²) in [6.07, 6.45) is 0. The second-order valence-corrected chi connectivity index (χ2v) is 5.27. The Hall–Kier alpha value is -2.41. The Morgan fingerprint density at radius 2 is 2.00 bits per heavy atom. The van der Waals surface area contributed by atoms with Gasteiger partial charge in [0.25, 0.3) is 11.8 Å². The first kappa shape index (κ1) is 12.6. The number of aliphatic imine (C=N–C) groups is 1. The quantitative estimate of drug-likeness (QED) is 0.715. The number of nitrogens with zero attached hydrogens (tertiary/aromatic N) is 2. The zero-order valence-corrected chi connectivity index (χ0v) is 11.2. The molecule has 1 aromatic carbocycles. The summed E-state index contributed by atoms with van der Waals surface area (Å²) in [5, 5.41) is 0.101. The molecule has 0 spiro atoms. The third-order valence-corrected chi connectivity index (χ3v) is 3.87. The maximum absolute atomic E-state index is 12.4. The van der Waals surface area contributed by atoms with Crippen LogP contribution in [-0.2, 0) is 14.4 Å². The Bertz CT molecular complexity index is 736. The molecule has 6 nitrogen and oxygen atoms in total. The monoisotopic (exact) mass is 287 g/mol. The number of carbonyl (C=O) groups excluding carboxylic acids is 3. The molecule has 0 bridgehead atoms. The Labute approximate surface area is 118 Å². The van der Waals surface area contributed by atoms with E-state index >= 15 is 0 Å². The van der Waals surface area contributed by atoms with E-state index in [1.807, 2.05) is 0 Å². The van der Waals surface area contributed by atoms with Crippen molar-refractivity contribution in [2.45, 2.75) is 6.92 Å². The molecule has 3 rings (SSSR count). The second-order valence-electron chi connectivity index (χ2n) is 4.24. The normalized spacial score (nSPS) is 21.2. The smallest absolute Gasteiger partial charge is 0.287 e. The summed E-state index contributed by atoms with van der Waals surface area (Å²) in [6.45, 7) is 1.30. The molecule has 20 heavy (non-hydrogen) atoms. The van der Waals surface area contributed by atoms with Gasteiger partial charge in [0.1, 0.15) is 0 Å². The number of rotatable bonds is 0. The number of nitrogens with two attached hydrogens (primary N) is 1. The Morgan fingerprint density at radius 3 is 2.60 bits per heavy atom. The zero-order valence-electron chi connectivity index (χ0n) is 10.4. The van der Waals surface area contributed by atoms with E-state index < -0.39 is 17.7 Å². The number of fused-ring (bicyclic) bond motifs is 1. The van der Waals surface area contributed by atoms with E-state index in [-0.39, 0.29) is 15.6 Å². The summed E-state index contributed by atoms with van der Waals surface area (Å²) in [7, 11) is 0. The van der Waals surface area contributed by atoms with Gasteiger partial charge >= 0.3 is 0 Å². The highest BCUT2D eigenvalue weighted by atomic mass is 32.2. The largest absolute Gasteiger partial charge is 0.378 e. The molecule has 0 aromatic heterocycles. The highest BCUT2D eigenvalue weighted by molar-refractivity contribution is 8.18. The van der Waals surface area contributed by atoms with Gasteiger partial charge in [-0.15, -0.1) is 0 Å². The third kappa shape index (κ3) is 1.67. The van der Waals surface area contributed by atoms with Gasteiger partial charge < -0.3 is 5.73 Å². The molecular formula is C13H9N3O3S. The summed E-state index contributed by atoms with van der Waals surface area (Å²) < 4.78 is 0. The number of carbonyl (C=O) groups is 3. The standard InChI is InChI=1S/C13H9N3O3S/c1-6(17)16-8-5-3-2-4-7(8)9(12(16)19)10-11(18)15-13(14)20-10/h2-5H,1H3,(H2,14,15,18). The van der Waals surface area contributed by atoms with Crippen LogP contribution in [0.5, 0.6) is 0 Å². The first-order valence-electron chi connectivity index (χ1n) is 5.75. The lowest BCUT2D eigenvalue weighted by Gasteiger charge is -2.11. The average Bonchev–Trinajstić information content (AvgIpc) is 2.85. The van der Waals surface area contributed by atoms with Gasteiger partial charge in [-0.1, -0.05) is 18.2 Å². The molecule has 0 fully saturated rings. The van der Waals surface area contributed by atoms with Crippen molar-refractivity contribution in [1.82, 2.24) is 0 Å². The van der Waals surface area contributed by atoms with Crippen molar-refractivity contribution < 1.29 is 14.4 Å². The molecule has 0 unspecified atom stereocenters. The summed E-state index contributed by atoms with van der Waals surface area (Å²) in [6, 6.07) is 6.83. The number of imide groups is 1. The molecule has 2 aliphatic rings. The minimum atomic E-state index is -0.545. The molecule has 2 N–H and O–H groups in total. The fraction of sp³-hybridized carbons (Fsp3) is 0.0769. The van der Waals surface area contributed by atoms with Crippen molar-refractivity contribution in [3.63, 3.8) is 0 Å². The van der Waals surface area contributed by atoms with Crippen LogP contribution in [0.15, 0.2) is 34.2 Å². The van der Waals surface area contributed by atoms with Gasteiger partial charge in [0.15, 0.2) is 5.17 Å². The summed E-state index contributed by atoms with van der Waals surface area (Å²) in [5.41, 5.74) is 6.73. The van der Waals surface area contributed by atoms with Crippen molar-refractivity contribution in [1.29, 1.82) is 0 Å². The highest BCUT2D eigenvalue weighted by Gasteiger charge is 2.39. The first-order chi connectivity index (χ1) is 9.50. The van der Waals surface area contributed by atoms with E-state index in [9.17, 15) is 14.4 Å². The fourth-order valence-electron chi connectivity index (χ4n) is 2.23. The predicted molar refractivity (Wildman–Crippen MR) is 75.7 cm³/mol. The number of amides is 3. The summed E-state index contributed by atoms with van der Waals surface area (Å²) in [4.78, 5) is 40.7. The van der Waals surface area contributed by atoms with Crippen LogP contribution < -0.4 is 10.6 Å². The van der Waals surface area contributed by atoms with Crippen molar-refractivity contribution in [2.24, 2.45) is 10.7 Å². The van der Waals surface area contributed by atoms with E-state index in [0.29, 0.717) is 11.3 Å². The number of benzene rings is 1. The maximum Gasteiger partial charge on any atom is 0.287 e. The van der Waals surface area contributed by atoms with Gasteiger partial charge in [0, 0.05) is 12.5 Å². The number of hydrogen-bond acceptors (Lipinski definition) is 5. The van der Waals surface area contributed by atoms with Crippen LogP contribution in [0.2, 0.25) is 0 Å². The molecule has 100 valence electrons. The molecule has 0 saturated carbocycles. The average molecular weight is 287 g/mol. The SMILES string of the molecule is CC(=O)N1C(=O)C(=C2SC(N)=NC2=O)c2ccccc21. The first-order valence-corrected chi connectivity index (χ1v) is 6.57. The van der Waals surface area contributed by atoms with E-state index in [1.165, 1.54) is 6.92 Å². The van der Waals surface area contributed by atoms with Crippen molar-refractivity contribution >= 4 is 45.9 Å². The molecule has 3 amide bonds. The number of amidine groups is 1. The zero-order chi connectivity index (χ0) is 14.4. The molecule has 0 radical (unpaired) electrons. The predicted octanol–water partition coefficient (Wildman–Crippen LogP) is 0.879. The van der Waals surface area contributed by atoms with Crippen LogP contribution in [0, 0.1) is 0 Å². The second kappa shape index (κ2) is 4.31. The molecule has 0 saturated heterocycles. The topological polar surface area (TPSA) is 92.8 Å². The van der Waals surface area contributed by atoms with Gasteiger partial charge in [0.2, 0.25) is 5.91 Å². The summed E-state index contributed by atoms with van der Waals surface area (Å²) >= 11 is 0.951. The van der Waals surface area contributed by atoms with E-state index in [1.54, 1.807) is 24.3 Å². The molecule has 2 heterocycles. The molecule has 0 aliphatic carbocycles. The van der Waals surface area contributed by atoms with Crippen LogP contribution in [0.1, 0.15) is 12.5 Å². The highest BCUT2D eigenvalue weighted by Crippen LogP contribution is 2.42. The van der Waals surface area contributed by atoms with Gasteiger partial charge in [-0.3, -0.25) is 14.4 Å². The van der Waals surface area contributed by atoms with E-state index in [0.717, 1.165) is 16.7 Å². The van der Waals surface area contributed by atoms with Gasteiger partial charge in [0.05, 0.1) is 16.2 Å². The van der Waals surface area contributed by atoms with Crippen molar-refractivity contribution in [2.75, 3.05) is 4.90 Å². The third-order valence-electron chi connectivity index (χ3n) is 2.99. The summed E-state index contributed by atoms with van der Waals surface area (Å²) in [5.74, 6) is -1.46. The molecular weight excluding hydrogens is 278 g/mol. The van der Waals surface area contributed by atoms with Gasteiger partial charge in [-0.25, -0.2) is 4.90 Å². The Kier molecular flexibility index (Phi) is 2.72. The number of para-hydroxylation sites is 1. The Balaban J connectivity index is 2.25. The maximum atomic E-state index is 12.4. The van der Waals surface area contributed by atoms with E-state index in [4.69, 9.17) is 5.73 Å².